The third-order valence-corrected chi connectivity index (χ3v) is 8.93. The van der Waals surface area contributed by atoms with E-state index in [2.05, 4.69) is 116 Å². The molecular formula is C33H44Si. The monoisotopic (exact) mass is 468 g/mol. The van der Waals surface area contributed by atoms with E-state index in [1.54, 1.807) is 0 Å². The predicted octanol–water partition coefficient (Wildman–Crippen LogP) is 9.71. The number of hydrogen-bond donors (Lipinski definition) is 0. The van der Waals surface area contributed by atoms with Gasteiger partial charge in [-0.1, -0.05) is 115 Å². The Bertz CT molecular complexity index is 1180. The Morgan fingerprint density at radius 2 is 1.50 bits per heavy atom. The van der Waals surface area contributed by atoms with Crippen molar-refractivity contribution in [2.45, 2.75) is 90.9 Å². The zero-order chi connectivity index (χ0) is 25.1. The molecule has 0 saturated heterocycles. The van der Waals surface area contributed by atoms with Crippen LogP contribution in [-0.4, -0.2) is 8.07 Å². The summed E-state index contributed by atoms with van der Waals surface area (Å²) in [5.74, 6) is 0.442. The average Bonchev–Trinajstić information content (AvgIpc) is 3.28. The molecule has 2 aliphatic rings. The van der Waals surface area contributed by atoms with Crippen LogP contribution >= 0.6 is 0 Å². The lowest BCUT2D eigenvalue weighted by Crippen LogP contribution is -2.20. The van der Waals surface area contributed by atoms with Crippen molar-refractivity contribution in [3.63, 3.8) is 0 Å². The minimum absolute atomic E-state index is 0.109. The Labute approximate surface area is 209 Å². The lowest BCUT2D eigenvalue weighted by molar-refractivity contribution is 0.589. The van der Waals surface area contributed by atoms with Crippen LogP contribution in [0, 0.1) is 5.92 Å². The Balaban J connectivity index is 1.79. The van der Waals surface area contributed by atoms with E-state index in [4.69, 9.17) is 0 Å². The maximum Gasteiger partial charge on any atom is 0.0483 e. The van der Waals surface area contributed by atoms with Crippen molar-refractivity contribution in [3.05, 3.63) is 88.5 Å². The van der Waals surface area contributed by atoms with Crippen molar-refractivity contribution in [1.29, 1.82) is 0 Å². The van der Waals surface area contributed by atoms with Gasteiger partial charge in [-0.2, -0.15) is 0 Å². The molecule has 2 aliphatic carbocycles. The Morgan fingerprint density at radius 3 is 2.12 bits per heavy atom. The number of rotatable bonds is 5. The van der Waals surface area contributed by atoms with Crippen molar-refractivity contribution in [2.24, 2.45) is 5.92 Å². The van der Waals surface area contributed by atoms with Gasteiger partial charge in [0.25, 0.3) is 0 Å². The van der Waals surface area contributed by atoms with E-state index in [-0.39, 0.29) is 10.8 Å². The molecule has 1 unspecified atom stereocenters. The molecule has 0 fully saturated rings. The van der Waals surface area contributed by atoms with Gasteiger partial charge in [0.15, 0.2) is 0 Å². The number of hydrogen-bond acceptors (Lipinski definition) is 0. The van der Waals surface area contributed by atoms with Crippen LogP contribution < -0.4 is 0 Å². The molecule has 1 heteroatoms. The van der Waals surface area contributed by atoms with Gasteiger partial charge < -0.3 is 0 Å². The van der Waals surface area contributed by atoms with Gasteiger partial charge in [0.1, 0.15) is 0 Å². The lowest BCUT2D eigenvalue weighted by atomic mass is 9.79. The molecule has 0 aromatic heterocycles. The summed E-state index contributed by atoms with van der Waals surface area (Å²) in [7, 11) is -1.15. The van der Waals surface area contributed by atoms with E-state index >= 15 is 0 Å². The molecule has 34 heavy (non-hydrogen) atoms. The highest BCUT2D eigenvalue weighted by Gasteiger charge is 2.30. The fourth-order valence-electron chi connectivity index (χ4n) is 5.55. The minimum Gasteiger partial charge on any atom is -0.100 e. The molecule has 1 atom stereocenters. The van der Waals surface area contributed by atoms with E-state index in [1.807, 2.05) is 0 Å². The highest BCUT2D eigenvalue weighted by Crippen LogP contribution is 2.47. The molecule has 0 nitrogen and oxygen atoms in total. The van der Waals surface area contributed by atoms with Crippen LogP contribution in [0.15, 0.2) is 60.7 Å². The van der Waals surface area contributed by atoms with Gasteiger partial charge in [-0.05, 0) is 74.2 Å². The smallest absolute Gasteiger partial charge is 0.0483 e. The Hall–Kier alpha value is -2.12. The summed E-state index contributed by atoms with van der Waals surface area (Å²) < 4.78 is 0. The maximum absolute atomic E-state index is 4.50. The molecule has 180 valence electrons. The first-order valence-corrected chi connectivity index (χ1v) is 16.7. The zero-order valence-corrected chi connectivity index (χ0v) is 24.0. The van der Waals surface area contributed by atoms with Gasteiger partial charge in [0.05, 0.1) is 0 Å². The van der Waals surface area contributed by atoms with Crippen molar-refractivity contribution in [1.82, 2.24) is 0 Å². The summed E-state index contributed by atoms with van der Waals surface area (Å²) in [5, 5.41) is 0. The van der Waals surface area contributed by atoms with Gasteiger partial charge >= 0.3 is 0 Å². The predicted molar refractivity (Wildman–Crippen MR) is 155 cm³/mol. The number of allylic oxidation sites excluding steroid dienone is 5. The van der Waals surface area contributed by atoms with Crippen LogP contribution in [0.1, 0.15) is 75.8 Å². The fourth-order valence-corrected chi connectivity index (χ4v) is 7.20. The molecule has 0 bridgehead atoms. The zero-order valence-electron chi connectivity index (χ0n) is 23.0. The van der Waals surface area contributed by atoms with Crippen LogP contribution in [0.5, 0.6) is 0 Å². The highest BCUT2D eigenvalue weighted by atomic mass is 28.3. The summed E-state index contributed by atoms with van der Waals surface area (Å²) >= 11 is 0. The normalized spacial score (nSPS) is 17.6. The van der Waals surface area contributed by atoms with Crippen molar-refractivity contribution in [2.75, 3.05) is 0 Å². The third kappa shape index (κ3) is 5.10. The van der Waals surface area contributed by atoms with E-state index in [0.29, 0.717) is 5.92 Å². The SMILES string of the molecule is C=C(CC1C=CC=C1c1cc(C(C)(C)C)cc2c1Cc1ccc(C(C)(C)C)cc1-2)C[Si](C)(C)C. The molecule has 0 spiro atoms. The summed E-state index contributed by atoms with van der Waals surface area (Å²) in [6.45, 7) is 25.8. The van der Waals surface area contributed by atoms with Crippen LogP contribution in [0.25, 0.3) is 16.7 Å². The van der Waals surface area contributed by atoms with Gasteiger partial charge in [-0.25, -0.2) is 0 Å². The van der Waals surface area contributed by atoms with E-state index in [1.165, 1.54) is 56.1 Å². The second-order valence-corrected chi connectivity index (χ2v) is 19.4. The Morgan fingerprint density at radius 1 is 0.882 bits per heavy atom. The quantitative estimate of drug-likeness (QED) is 0.258. The Kier molecular flexibility index (Phi) is 6.26. The van der Waals surface area contributed by atoms with Crippen molar-refractivity contribution >= 4 is 13.6 Å². The van der Waals surface area contributed by atoms with Crippen LogP contribution in [0.4, 0.5) is 0 Å². The van der Waals surface area contributed by atoms with E-state index in [9.17, 15) is 0 Å². The molecule has 2 aromatic carbocycles. The molecule has 0 heterocycles. The standard InChI is InChI=1S/C33H44Si/c1-22(21-34(8,9)10)16-23-12-11-13-27(23)30-19-26(33(5,6)7)20-31-28-18-25(32(2,3)4)15-14-24(28)17-29(30)31/h11-15,18-20,23H,1,16-17,21H2,2-10H3. The third-order valence-electron chi connectivity index (χ3n) is 7.37. The van der Waals surface area contributed by atoms with Crippen LogP contribution in [-0.2, 0) is 17.3 Å². The molecule has 0 saturated carbocycles. The van der Waals surface area contributed by atoms with Gasteiger partial charge in [0, 0.05) is 14.0 Å². The second-order valence-electron chi connectivity index (χ2n) is 13.9. The van der Waals surface area contributed by atoms with Crippen molar-refractivity contribution < 1.29 is 0 Å². The fraction of sp³-hybridized carbons (Fsp3) is 0.455. The first-order chi connectivity index (χ1) is 15.6. The van der Waals surface area contributed by atoms with Gasteiger partial charge in [-0.3, -0.25) is 0 Å². The van der Waals surface area contributed by atoms with Gasteiger partial charge in [0.2, 0.25) is 0 Å². The highest BCUT2D eigenvalue weighted by molar-refractivity contribution is 6.76. The first-order valence-electron chi connectivity index (χ1n) is 13.0. The lowest BCUT2D eigenvalue weighted by Gasteiger charge is -2.26. The second kappa shape index (κ2) is 8.52. The van der Waals surface area contributed by atoms with Gasteiger partial charge in [-0.15, -0.1) is 6.58 Å². The van der Waals surface area contributed by atoms with Crippen LogP contribution in [0.3, 0.4) is 0 Å². The summed E-state index contributed by atoms with van der Waals surface area (Å²) in [4.78, 5) is 0. The molecular weight excluding hydrogens is 424 g/mol. The van der Waals surface area contributed by atoms with Crippen LogP contribution in [0.2, 0.25) is 25.7 Å². The summed E-state index contributed by atoms with van der Waals surface area (Å²) in [6, 6.07) is 13.4. The summed E-state index contributed by atoms with van der Waals surface area (Å²) in [6.07, 6.45) is 9.16. The van der Waals surface area contributed by atoms with Crippen molar-refractivity contribution in [3.8, 4) is 11.1 Å². The molecule has 0 amide bonds. The molecule has 0 aliphatic heterocycles. The molecule has 0 N–H and O–H groups in total. The molecule has 4 rings (SSSR count). The summed E-state index contributed by atoms with van der Waals surface area (Å²) in [5.41, 5.74) is 13.4. The largest absolute Gasteiger partial charge is 0.100 e. The molecule has 0 radical (unpaired) electrons. The van der Waals surface area contributed by atoms with E-state index < -0.39 is 8.07 Å². The maximum atomic E-state index is 4.50. The minimum atomic E-state index is -1.15. The molecule has 2 aromatic rings. The topological polar surface area (TPSA) is 0 Å². The van der Waals surface area contributed by atoms with E-state index in [0.717, 1.165) is 12.8 Å². The number of benzene rings is 2. The first kappa shape index (κ1) is 25.0. The average molecular weight is 469 g/mol. The number of fused-ring (bicyclic) bond motifs is 3.